The van der Waals surface area contributed by atoms with Gasteiger partial charge in [-0.2, -0.15) is 0 Å². The first kappa shape index (κ1) is 19.4. The SMILES string of the molecule is Cc1ccc(C(O)(C2C3CC4CC(C3)CC2C4)C23CCCN2CCC3)cc1.Cl. The third-order valence-electron chi connectivity index (χ3n) is 9.55. The van der Waals surface area contributed by atoms with E-state index >= 15 is 0 Å². The highest BCUT2D eigenvalue weighted by molar-refractivity contribution is 5.85. The Balaban J connectivity index is 0.00000171. The third-order valence-corrected chi connectivity index (χ3v) is 9.55. The molecule has 6 aliphatic rings. The van der Waals surface area contributed by atoms with Crippen molar-refractivity contribution in [2.24, 2.45) is 29.6 Å². The van der Waals surface area contributed by atoms with Crippen LogP contribution in [-0.4, -0.2) is 28.6 Å². The topological polar surface area (TPSA) is 23.5 Å². The Labute approximate surface area is 176 Å². The average Bonchev–Trinajstić information content (AvgIpc) is 3.22. The van der Waals surface area contributed by atoms with E-state index in [9.17, 15) is 5.11 Å². The van der Waals surface area contributed by atoms with Crippen molar-refractivity contribution < 1.29 is 5.11 Å². The summed E-state index contributed by atoms with van der Waals surface area (Å²) in [5.41, 5.74) is 1.89. The molecule has 3 heteroatoms. The lowest BCUT2D eigenvalue weighted by molar-refractivity contribution is -0.201. The van der Waals surface area contributed by atoms with Crippen LogP contribution in [0, 0.1) is 36.5 Å². The minimum absolute atomic E-state index is 0. The van der Waals surface area contributed by atoms with Crippen molar-refractivity contribution in [3.8, 4) is 0 Å². The number of halogens is 1. The fourth-order valence-corrected chi connectivity index (χ4v) is 8.91. The van der Waals surface area contributed by atoms with Crippen LogP contribution in [-0.2, 0) is 5.60 Å². The van der Waals surface area contributed by atoms with Crippen molar-refractivity contribution in [1.29, 1.82) is 0 Å². The maximum absolute atomic E-state index is 12.9. The van der Waals surface area contributed by atoms with Gasteiger partial charge in [0.15, 0.2) is 0 Å². The average molecular weight is 402 g/mol. The predicted octanol–water partition coefficient (Wildman–Crippen LogP) is 5.31. The molecule has 2 heterocycles. The molecule has 0 amide bonds. The van der Waals surface area contributed by atoms with Crippen molar-refractivity contribution in [3.05, 3.63) is 35.4 Å². The summed E-state index contributed by atoms with van der Waals surface area (Å²) in [5.74, 6) is 3.92. The quantitative estimate of drug-likeness (QED) is 0.742. The van der Waals surface area contributed by atoms with Gasteiger partial charge in [-0.3, -0.25) is 4.90 Å². The largest absolute Gasteiger partial charge is 0.383 e. The Morgan fingerprint density at radius 1 is 0.893 bits per heavy atom. The summed E-state index contributed by atoms with van der Waals surface area (Å²) in [5, 5.41) is 12.9. The van der Waals surface area contributed by atoms with Crippen LogP contribution in [0.3, 0.4) is 0 Å². The molecule has 2 nitrogen and oxygen atoms in total. The van der Waals surface area contributed by atoms with Gasteiger partial charge in [0.25, 0.3) is 0 Å². The molecule has 4 aliphatic carbocycles. The second kappa shape index (κ2) is 6.72. The van der Waals surface area contributed by atoms with E-state index in [-0.39, 0.29) is 17.9 Å². The zero-order valence-electron chi connectivity index (χ0n) is 17.3. The fraction of sp³-hybridized carbons (Fsp3) is 0.760. The molecule has 28 heavy (non-hydrogen) atoms. The van der Waals surface area contributed by atoms with Crippen LogP contribution in [0.2, 0.25) is 0 Å². The summed E-state index contributed by atoms with van der Waals surface area (Å²) in [6.45, 7) is 4.56. The van der Waals surface area contributed by atoms with Gasteiger partial charge in [-0.1, -0.05) is 29.8 Å². The number of benzene rings is 1. The number of nitrogens with zero attached hydrogens (tertiary/aromatic N) is 1. The number of hydrogen-bond donors (Lipinski definition) is 1. The summed E-state index contributed by atoms with van der Waals surface area (Å²) in [4.78, 5) is 2.71. The van der Waals surface area contributed by atoms with Crippen LogP contribution in [0.25, 0.3) is 0 Å². The molecule has 6 fully saturated rings. The molecule has 0 spiro atoms. The summed E-state index contributed by atoms with van der Waals surface area (Å²) in [7, 11) is 0. The van der Waals surface area contributed by atoms with Crippen molar-refractivity contribution >= 4 is 12.4 Å². The maximum atomic E-state index is 12.9. The summed E-state index contributed by atoms with van der Waals surface area (Å²) >= 11 is 0. The van der Waals surface area contributed by atoms with Gasteiger partial charge in [0.1, 0.15) is 5.60 Å². The van der Waals surface area contributed by atoms with Crippen LogP contribution < -0.4 is 0 Å². The lowest BCUT2D eigenvalue weighted by Crippen LogP contribution is -2.65. The zero-order chi connectivity index (χ0) is 18.2. The van der Waals surface area contributed by atoms with Crippen LogP contribution in [0.4, 0.5) is 0 Å². The Bertz CT molecular complexity index is 693. The number of hydrogen-bond acceptors (Lipinski definition) is 2. The number of fused-ring (bicyclic) bond motifs is 1. The second-order valence-corrected chi connectivity index (χ2v) is 10.8. The van der Waals surface area contributed by atoms with Crippen LogP contribution in [0.15, 0.2) is 24.3 Å². The molecule has 4 saturated carbocycles. The molecular formula is C25H36ClNO. The molecule has 1 unspecified atom stereocenters. The van der Waals surface area contributed by atoms with E-state index in [1.165, 1.54) is 82.0 Å². The van der Waals surface area contributed by atoms with Gasteiger partial charge in [-0.15, -0.1) is 12.4 Å². The molecule has 0 radical (unpaired) electrons. The minimum Gasteiger partial charge on any atom is -0.383 e. The molecule has 1 atom stereocenters. The molecule has 7 rings (SSSR count). The molecule has 0 aromatic heterocycles. The second-order valence-electron chi connectivity index (χ2n) is 10.8. The number of aryl methyl sites for hydroxylation is 1. The normalized spacial score (nSPS) is 40.1. The molecule has 154 valence electrons. The van der Waals surface area contributed by atoms with Crippen LogP contribution in [0.5, 0.6) is 0 Å². The number of aliphatic hydroxyl groups is 1. The van der Waals surface area contributed by atoms with Gasteiger partial charge in [0.2, 0.25) is 0 Å². The van der Waals surface area contributed by atoms with E-state index in [0.29, 0.717) is 5.92 Å². The van der Waals surface area contributed by atoms with Crippen molar-refractivity contribution in [2.75, 3.05) is 13.1 Å². The van der Waals surface area contributed by atoms with E-state index < -0.39 is 5.60 Å². The van der Waals surface area contributed by atoms with Crippen molar-refractivity contribution in [3.63, 3.8) is 0 Å². The molecule has 2 saturated heterocycles. The van der Waals surface area contributed by atoms with E-state index in [4.69, 9.17) is 0 Å². The van der Waals surface area contributed by atoms with Gasteiger partial charge in [-0.05, 0) is 113 Å². The fourth-order valence-electron chi connectivity index (χ4n) is 8.91. The van der Waals surface area contributed by atoms with Crippen molar-refractivity contribution in [1.82, 2.24) is 4.90 Å². The third kappa shape index (κ3) is 2.47. The van der Waals surface area contributed by atoms with Gasteiger partial charge >= 0.3 is 0 Å². The number of rotatable bonds is 3. The summed E-state index contributed by atoms with van der Waals surface area (Å²) in [6.07, 6.45) is 12.0. The highest BCUT2D eigenvalue weighted by Crippen LogP contribution is 2.65. The van der Waals surface area contributed by atoms with E-state index in [2.05, 4.69) is 36.1 Å². The highest BCUT2D eigenvalue weighted by Gasteiger charge is 2.66. The summed E-state index contributed by atoms with van der Waals surface area (Å²) in [6, 6.07) is 9.04. The van der Waals surface area contributed by atoms with Gasteiger partial charge < -0.3 is 5.11 Å². The lowest BCUT2D eigenvalue weighted by Gasteiger charge is -2.62. The Hall–Kier alpha value is -0.570. The first-order valence-electron chi connectivity index (χ1n) is 11.6. The van der Waals surface area contributed by atoms with Crippen molar-refractivity contribution in [2.45, 2.75) is 75.9 Å². The molecular weight excluding hydrogens is 366 g/mol. The Morgan fingerprint density at radius 3 is 1.96 bits per heavy atom. The molecule has 4 bridgehead atoms. The predicted molar refractivity (Wildman–Crippen MR) is 116 cm³/mol. The standard InChI is InChI=1S/C25H35NO.ClH/c1-17-4-6-22(7-5-17)25(27,24-8-2-10-26(24)11-3-9-24)23-20-13-18-12-19(15-20)16-21(23)14-18;/h4-7,18-21,23,27H,2-3,8-16H2,1H3;1H. The van der Waals surface area contributed by atoms with Crippen LogP contribution >= 0.6 is 12.4 Å². The van der Waals surface area contributed by atoms with E-state index in [1.54, 1.807) is 0 Å². The Kier molecular flexibility index (Phi) is 4.66. The Morgan fingerprint density at radius 2 is 1.43 bits per heavy atom. The molecule has 1 aromatic carbocycles. The van der Waals surface area contributed by atoms with Gasteiger partial charge in [0.05, 0.1) is 5.54 Å². The van der Waals surface area contributed by atoms with Gasteiger partial charge in [0, 0.05) is 0 Å². The van der Waals surface area contributed by atoms with E-state index in [1.807, 2.05) is 0 Å². The first-order valence-corrected chi connectivity index (χ1v) is 11.6. The smallest absolute Gasteiger partial charge is 0.111 e. The first-order chi connectivity index (χ1) is 13.1. The minimum atomic E-state index is -0.656. The van der Waals surface area contributed by atoms with Gasteiger partial charge in [-0.25, -0.2) is 0 Å². The maximum Gasteiger partial charge on any atom is 0.111 e. The molecule has 1 aromatic rings. The molecule has 1 N–H and O–H groups in total. The lowest BCUT2D eigenvalue weighted by atomic mass is 9.45. The van der Waals surface area contributed by atoms with Crippen LogP contribution in [0.1, 0.15) is 68.9 Å². The monoisotopic (exact) mass is 401 g/mol. The highest BCUT2D eigenvalue weighted by atomic mass is 35.5. The zero-order valence-corrected chi connectivity index (χ0v) is 18.1. The summed E-state index contributed by atoms with van der Waals surface area (Å²) < 4.78 is 0. The van der Waals surface area contributed by atoms with E-state index in [0.717, 1.165) is 23.7 Å². The molecule has 2 aliphatic heterocycles.